The molecule has 1 aliphatic rings. The maximum Gasteiger partial charge on any atom is 0.433 e. The lowest BCUT2D eigenvalue weighted by atomic mass is 9.95. The lowest BCUT2D eigenvalue weighted by Gasteiger charge is -2.28. The Balaban J connectivity index is 1.97. The summed E-state index contributed by atoms with van der Waals surface area (Å²) in [5.74, 6) is -1.29. The molecule has 0 saturated carbocycles. The zero-order chi connectivity index (χ0) is 22.1. The zero-order valence-electron chi connectivity index (χ0n) is 16.5. The predicted octanol–water partition coefficient (Wildman–Crippen LogP) is 4.56. The number of hydrogen-bond acceptors (Lipinski definition) is 4. The fourth-order valence-electron chi connectivity index (χ4n) is 3.18. The molecule has 1 atom stereocenters. The van der Waals surface area contributed by atoms with Crippen LogP contribution in [0.4, 0.5) is 23.2 Å². The molecular weight excluding hydrogens is 402 g/mol. The van der Waals surface area contributed by atoms with E-state index in [2.05, 4.69) is 15.3 Å². The first-order valence-electron chi connectivity index (χ1n) is 9.07. The maximum atomic E-state index is 13.4. The molecule has 158 valence electrons. The molecule has 3 rings (SSSR count). The minimum absolute atomic E-state index is 0.153. The highest BCUT2D eigenvalue weighted by Crippen LogP contribution is 2.31. The van der Waals surface area contributed by atoms with Crippen LogP contribution in [0.3, 0.4) is 0 Å². The van der Waals surface area contributed by atoms with Gasteiger partial charge in [0, 0.05) is 5.69 Å². The third-order valence-corrected chi connectivity index (χ3v) is 4.56. The lowest BCUT2D eigenvalue weighted by molar-refractivity contribution is -0.113. The fourth-order valence-corrected chi connectivity index (χ4v) is 3.18. The van der Waals surface area contributed by atoms with Crippen molar-refractivity contribution in [2.24, 2.45) is 4.99 Å². The Morgan fingerprint density at radius 1 is 1.17 bits per heavy atom. The number of nitrogens with zero attached hydrogens (tertiary/aromatic N) is 2. The number of carbonyl (C=O) groups is 1. The van der Waals surface area contributed by atoms with Crippen LogP contribution in [-0.2, 0) is 4.79 Å². The smallest absolute Gasteiger partial charge is 0.433 e. The molecule has 1 aromatic heterocycles. The molecule has 1 unspecified atom stereocenters. The van der Waals surface area contributed by atoms with Crippen molar-refractivity contribution >= 4 is 17.3 Å². The summed E-state index contributed by atoms with van der Waals surface area (Å²) in [7, 11) is 0. The molecule has 30 heavy (non-hydrogen) atoms. The number of alkyl halides is 3. The molecule has 9 heteroatoms. The van der Waals surface area contributed by atoms with E-state index in [1.54, 1.807) is 18.2 Å². The molecule has 1 N–H and O–H groups in total. The van der Waals surface area contributed by atoms with Crippen LogP contribution < -0.4 is 10.1 Å². The largest absolute Gasteiger partial charge is 0.482 e. The number of rotatable bonds is 4. The van der Waals surface area contributed by atoms with Crippen LogP contribution in [0.25, 0.3) is 0 Å². The highest BCUT2D eigenvalue weighted by atomic mass is 19.4. The first kappa shape index (κ1) is 21.5. The Hall–Kier alpha value is -3.23. The third kappa shape index (κ3) is 4.67. The summed E-state index contributed by atoms with van der Waals surface area (Å²) in [4.78, 5) is 20.2. The van der Waals surface area contributed by atoms with Crippen molar-refractivity contribution < 1.29 is 27.1 Å². The normalized spacial score (nSPS) is 16.9. The second-order valence-corrected chi connectivity index (χ2v) is 6.87. The van der Waals surface area contributed by atoms with Crippen LogP contribution in [0, 0.1) is 19.8 Å². The van der Waals surface area contributed by atoms with Gasteiger partial charge in [-0.3, -0.25) is 9.79 Å². The second-order valence-electron chi connectivity index (χ2n) is 6.87. The number of ether oxygens (including phenoxy) is 1. The number of benzene rings is 1. The van der Waals surface area contributed by atoms with E-state index < -0.39 is 36.4 Å². The minimum Gasteiger partial charge on any atom is -0.482 e. The van der Waals surface area contributed by atoms with Gasteiger partial charge < -0.3 is 10.1 Å². The number of dihydropyridines is 1. The Morgan fingerprint density at radius 2 is 1.90 bits per heavy atom. The van der Waals surface area contributed by atoms with Crippen molar-refractivity contribution in [1.82, 2.24) is 4.98 Å². The van der Waals surface area contributed by atoms with Crippen LogP contribution in [-0.4, -0.2) is 35.4 Å². The fraction of sp³-hybridized carbons (Fsp3) is 0.286. The van der Waals surface area contributed by atoms with E-state index in [4.69, 9.17) is 4.74 Å². The summed E-state index contributed by atoms with van der Waals surface area (Å²) in [6.07, 6.45) is -5.80. The van der Waals surface area contributed by atoms with Crippen molar-refractivity contribution in [3.05, 3.63) is 64.7 Å². The molecule has 0 radical (unpaired) electrons. The van der Waals surface area contributed by atoms with Crippen molar-refractivity contribution in [2.75, 3.05) is 11.9 Å². The van der Waals surface area contributed by atoms with E-state index in [0.717, 1.165) is 11.6 Å². The van der Waals surface area contributed by atoms with Crippen molar-refractivity contribution in [1.29, 1.82) is 0 Å². The van der Waals surface area contributed by atoms with Gasteiger partial charge in [-0.1, -0.05) is 12.1 Å². The number of allylic oxidation sites excluding steroid dienone is 1. The molecule has 1 aromatic carbocycles. The number of aryl methyl sites for hydroxylation is 2. The van der Waals surface area contributed by atoms with Crippen LogP contribution in [0.1, 0.15) is 18.2 Å². The molecule has 5 nitrogen and oxygen atoms in total. The lowest BCUT2D eigenvalue weighted by Crippen LogP contribution is -2.39. The molecular formula is C21H19F4N3O2. The van der Waals surface area contributed by atoms with Gasteiger partial charge in [-0.2, -0.15) is 17.6 Å². The topological polar surface area (TPSA) is 63.6 Å². The number of pyridine rings is 1. The highest BCUT2D eigenvalue weighted by Gasteiger charge is 2.42. The van der Waals surface area contributed by atoms with E-state index in [1.165, 1.54) is 19.9 Å². The monoisotopic (exact) mass is 421 g/mol. The van der Waals surface area contributed by atoms with Crippen LogP contribution in [0.2, 0.25) is 0 Å². The van der Waals surface area contributed by atoms with Crippen LogP contribution >= 0.6 is 0 Å². The van der Waals surface area contributed by atoms with Gasteiger partial charge >= 0.3 is 6.18 Å². The summed E-state index contributed by atoms with van der Waals surface area (Å²) < 4.78 is 59.2. The number of nitrogens with one attached hydrogen (secondary N) is 1. The number of carbonyl (C=O) groups excluding carboxylic acids is 1. The Kier molecular flexibility index (Phi) is 5.91. The van der Waals surface area contributed by atoms with Crippen molar-refractivity contribution in [2.45, 2.75) is 33.1 Å². The Morgan fingerprint density at radius 3 is 2.53 bits per heavy atom. The summed E-state index contributed by atoms with van der Waals surface area (Å²) in [5.41, 5.74) is -0.114. The first-order valence-corrected chi connectivity index (χ1v) is 9.07. The Labute approximate surface area is 170 Å². The van der Waals surface area contributed by atoms with Crippen molar-refractivity contribution in [3.8, 4) is 5.75 Å². The zero-order valence-corrected chi connectivity index (χ0v) is 16.5. The highest BCUT2D eigenvalue weighted by molar-refractivity contribution is 6.14. The molecule has 2 heterocycles. The number of halogens is 4. The standard InChI is InChI=1S/C21H19F4N3O2/c1-11-5-4-6-14(9-11)28-20(29)18-12(2)19(21(23,24)25)26-10-16(18)30-15-7-8-17(22)27-13(15)3/h4-9,16H,10H2,1-3H3,(H,28,29). The van der Waals surface area contributed by atoms with E-state index in [-0.39, 0.29) is 22.6 Å². The SMILES string of the molecule is CC1=C(C(=O)Nc2cccc(C)c2)C(Oc2ccc(F)nc2C)CN=C1C(F)(F)F. The molecule has 0 fully saturated rings. The first-order chi connectivity index (χ1) is 14.1. The summed E-state index contributed by atoms with van der Waals surface area (Å²) in [5, 5.41) is 2.62. The van der Waals surface area contributed by atoms with E-state index in [9.17, 15) is 22.4 Å². The van der Waals surface area contributed by atoms with Gasteiger partial charge in [0.2, 0.25) is 5.95 Å². The van der Waals surface area contributed by atoms with Gasteiger partial charge in [0.05, 0.1) is 17.8 Å². The molecule has 0 saturated heterocycles. The average Bonchev–Trinajstić information content (AvgIpc) is 2.63. The van der Waals surface area contributed by atoms with Gasteiger partial charge in [-0.15, -0.1) is 0 Å². The molecule has 2 aromatic rings. The summed E-state index contributed by atoms with van der Waals surface area (Å²) in [6.45, 7) is 4.09. The molecule has 1 aliphatic heterocycles. The van der Waals surface area contributed by atoms with Crippen LogP contribution in [0.5, 0.6) is 5.75 Å². The third-order valence-electron chi connectivity index (χ3n) is 4.56. The van der Waals surface area contributed by atoms with Gasteiger partial charge in [-0.05, 0) is 56.2 Å². The number of anilines is 1. The predicted molar refractivity (Wildman–Crippen MR) is 104 cm³/mol. The molecule has 0 aliphatic carbocycles. The minimum atomic E-state index is -4.71. The van der Waals surface area contributed by atoms with Crippen molar-refractivity contribution in [3.63, 3.8) is 0 Å². The maximum absolute atomic E-state index is 13.4. The molecule has 1 amide bonds. The quantitative estimate of drug-likeness (QED) is 0.582. The number of aliphatic imine (C=N–C) groups is 1. The number of hydrogen-bond donors (Lipinski definition) is 1. The van der Waals surface area contributed by atoms with Crippen LogP contribution in [0.15, 0.2) is 52.5 Å². The van der Waals surface area contributed by atoms with E-state index >= 15 is 0 Å². The number of amides is 1. The average molecular weight is 421 g/mol. The number of aromatic nitrogens is 1. The Bertz CT molecular complexity index is 1040. The van der Waals surface area contributed by atoms with Gasteiger partial charge in [0.15, 0.2) is 0 Å². The molecule has 0 spiro atoms. The van der Waals surface area contributed by atoms with E-state index in [1.807, 2.05) is 13.0 Å². The van der Waals surface area contributed by atoms with E-state index in [0.29, 0.717) is 5.69 Å². The van der Waals surface area contributed by atoms with Gasteiger partial charge in [0.1, 0.15) is 17.6 Å². The summed E-state index contributed by atoms with van der Waals surface area (Å²) >= 11 is 0. The van der Waals surface area contributed by atoms with Gasteiger partial charge in [0.25, 0.3) is 5.91 Å². The van der Waals surface area contributed by atoms with Gasteiger partial charge in [-0.25, -0.2) is 4.98 Å². The second kappa shape index (κ2) is 8.25. The summed E-state index contributed by atoms with van der Waals surface area (Å²) in [6, 6.07) is 9.25. The molecule has 0 bridgehead atoms.